The lowest BCUT2D eigenvalue weighted by molar-refractivity contribution is -0.178. The fraction of sp³-hybridized carbons (Fsp3) is 0.125. The second-order valence-electron chi connectivity index (χ2n) is 2.05. The Morgan fingerprint density at radius 1 is 1.42 bits per heavy atom. The quantitative estimate of drug-likeness (QED) is 0.441. The maximum atomic E-state index is 10.9. The van der Waals surface area contributed by atoms with Crippen LogP contribution in [0.15, 0.2) is 24.3 Å². The third kappa shape index (κ3) is 1.99. The molecule has 64 valence electrons. The van der Waals surface area contributed by atoms with E-state index in [1.165, 1.54) is 7.11 Å². The number of thiol groups is 1. The summed E-state index contributed by atoms with van der Waals surface area (Å²) in [5.74, 6) is 0.375. The molecule has 0 bridgehead atoms. The van der Waals surface area contributed by atoms with Crippen LogP contribution in [0.25, 0.3) is 0 Å². The fourth-order valence-electron chi connectivity index (χ4n) is 0.806. The Morgan fingerprint density at radius 3 is 2.67 bits per heavy atom. The van der Waals surface area contributed by atoms with Crippen molar-refractivity contribution in [1.82, 2.24) is 0 Å². The van der Waals surface area contributed by atoms with Crippen LogP contribution in [0.5, 0.6) is 5.75 Å². The smallest absolute Gasteiger partial charge is 0.220 e. The highest BCUT2D eigenvalue weighted by atomic mass is 32.1. The number of para-hydroxylation sites is 1. The van der Waals surface area contributed by atoms with Crippen molar-refractivity contribution in [3.8, 4) is 5.75 Å². The normalized spacial score (nSPS) is 9.50. The highest BCUT2D eigenvalue weighted by molar-refractivity contribution is 7.97. The monoisotopic (exact) mass is 184 g/mol. The first-order valence-corrected chi connectivity index (χ1v) is 3.73. The van der Waals surface area contributed by atoms with E-state index in [0.717, 1.165) is 0 Å². The molecule has 0 N–H and O–H groups in total. The van der Waals surface area contributed by atoms with Gasteiger partial charge in [0.1, 0.15) is 0 Å². The highest BCUT2D eigenvalue weighted by Crippen LogP contribution is 2.19. The van der Waals surface area contributed by atoms with Crippen molar-refractivity contribution in [2.45, 2.75) is 0 Å². The number of carbonyl (C=O) groups excluding carboxylic acids is 1. The molecular weight excluding hydrogens is 176 g/mol. The van der Waals surface area contributed by atoms with Gasteiger partial charge in [-0.05, 0) is 12.1 Å². The van der Waals surface area contributed by atoms with Crippen molar-refractivity contribution in [3.05, 3.63) is 29.8 Å². The van der Waals surface area contributed by atoms with Crippen molar-refractivity contribution in [2.24, 2.45) is 0 Å². The molecule has 0 spiro atoms. The van der Waals surface area contributed by atoms with Gasteiger partial charge in [0.05, 0.1) is 12.7 Å². The fourth-order valence-corrected chi connectivity index (χ4v) is 0.991. The van der Waals surface area contributed by atoms with Crippen LogP contribution in [0.1, 0.15) is 10.4 Å². The minimum absolute atomic E-state index is 0.345. The summed E-state index contributed by atoms with van der Waals surface area (Å²) in [5.41, 5.74) is 0.391. The van der Waals surface area contributed by atoms with E-state index in [1.54, 1.807) is 24.3 Å². The summed E-state index contributed by atoms with van der Waals surface area (Å²) >= 11 is 3.68. The van der Waals surface area contributed by atoms with Crippen LogP contribution < -0.4 is 4.89 Å². The van der Waals surface area contributed by atoms with Gasteiger partial charge in [-0.2, -0.15) is 4.89 Å². The van der Waals surface area contributed by atoms with Crippen molar-refractivity contribution in [3.63, 3.8) is 0 Å². The number of hydrogen-bond acceptors (Lipinski definition) is 3. The van der Waals surface area contributed by atoms with Gasteiger partial charge in [0.15, 0.2) is 5.75 Å². The highest BCUT2D eigenvalue weighted by Gasteiger charge is 2.07. The molecular formula is C8H8O3S. The summed E-state index contributed by atoms with van der Waals surface area (Å²) in [7, 11) is 1.37. The average Bonchev–Trinajstić information content (AvgIpc) is 2.05. The number of carbonyl (C=O) groups is 1. The molecule has 1 aromatic carbocycles. The van der Waals surface area contributed by atoms with Crippen LogP contribution in [0.4, 0.5) is 0 Å². The molecule has 0 aliphatic heterocycles. The molecule has 0 fully saturated rings. The number of rotatable bonds is 3. The van der Waals surface area contributed by atoms with Crippen LogP contribution >= 0.6 is 12.6 Å². The summed E-state index contributed by atoms with van der Waals surface area (Å²) in [4.78, 5) is 20.0. The van der Waals surface area contributed by atoms with Crippen molar-refractivity contribution in [2.75, 3.05) is 7.11 Å². The molecule has 1 aromatic rings. The largest absolute Gasteiger partial charge is 0.337 e. The van der Waals surface area contributed by atoms with Gasteiger partial charge in [-0.15, -0.1) is 12.6 Å². The first-order valence-electron chi connectivity index (χ1n) is 3.28. The third-order valence-corrected chi connectivity index (χ3v) is 1.53. The lowest BCUT2D eigenvalue weighted by Crippen LogP contribution is -1.97. The van der Waals surface area contributed by atoms with Crippen molar-refractivity contribution < 1.29 is 14.6 Å². The van der Waals surface area contributed by atoms with Crippen LogP contribution in [-0.4, -0.2) is 12.2 Å². The predicted octanol–water partition coefficient (Wildman–Crippen LogP) is 1.70. The van der Waals surface area contributed by atoms with E-state index in [-0.39, 0.29) is 5.12 Å². The summed E-state index contributed by atoms with van der Waals surface area (Å²) in [6, 6.07) is 6.72. The Balaban J connectivity index is 3.00. The molecule has 0 saturated carbocycles. The summed E-state index contributed by atoms with van der Waals surface area (Å²) in [6.45, 7) is 0. The average molecular weight is 184 g/mol. The van der Waals surface area contributed by atoms with Gasteiger partial charge in [0, 0.05) is 0 Å². The summed E-state index contributed by atoms with van der Waals surface area (Å²) in [6.07, 6.45) is 0. The summed E-state index contributed by atoms with van der Waals surface area (Å²) in [5, 5.41) is -0.345. The molecule has 0 amide bonds. The van der Waals surface area contributed by atoms with Gasteiger partial charge in [0.25, 0.3) is 0 Å². The van der Waals surface area contributed by atoms with Gasteiger partial charge in [-0.1, -0.05) is 12.1 Å². The molecule has 0 atom stereocenters. The second kappa shape index (κ2) is 4.13. The maximum absolute atomic E-state index is 10.9. The molecule has 0 aromatic heterocycles. The van der Waals surface area contributed by atoms with Gasteiger partial charge < -0.3 is 4.89 Å². The van der Waals surface area contributed by atoms with E-state index in [0.29, 0.717) is 11.3 Å². The van der Waals surface area contributed by atoms with E-state index in [9.17, 15) is 4.79 Å². The third-order valence-electron chi connectivity index (χ3n) is 1.29. The summed E-state index contributed by atoms with van der Waals surface area (Å²) < 4.78 is 0. The van der Waals surface area contributed by atoms with E-state index >= 15 is 0 Å². The first kappa shape index (κ1) is 9.09. The SMILES string of the molecule is COOc1ccccc1C(=O)S. The minimum atomic E-state index is -0.345. The Hall–Kier alpha value is -1.000. The molecule has 12 heavy (non-hydrogen) atoms. The Kier molecular flexibility index (Phi) is 3.13. The molecule has 0 aliphatic carbocycles. The van der Waals surface area contributed by atoms with Gasteiger partial charge in [-0.3, -0.25) is 4.79 Å². The van der Waals surface area contributed by atoms with Crippen LogP contribution in [0.2, 0.25) is 0 Å². The second-order valence-corrected chi connectivity index (χ2v) is 2.46. The molecule has 0 unspecified atom stereocenters. The van der Waals surface area contributed by atoms with Gasteiger partial charge in [0.2, 0.25) is 5.12 Å². The Bertz CT molecular complexity index is 285. The number of benzene rings is 1. The zero-order chi connectivity index (χ0) is 8.97. The van der Waals surface area contributed by atoms with Crippen molar-refractivity contribution in [1.29, 1.82) is 0 Å². The van der Waals surface area contributed by atoms with E-state index < -0.39 is 0 Å². The molecule has 3 nitrogen and oxygen atoms in total. The maximum Gasteiger partial charge on any atom is 0.220 e. The van der Waals surface area contributed by atoms with Crippen LogP contribution in [0.3, 0.4) is 0 Å². The lowest BCUT2D eigenvalue weighted by atomic mass is 10.2. The Labute approximate surface area is 75.6 Å². The molecule has 0 heterocycles. The van der Waals surface area contributed by atoms with Crippen LogP contribution in [0, 0.1) is 0 Å². The standard InChI is InChI=1S/C8H8O3S/c1-10-11-7-5-3-2-4-6(7)8(9)12/h2-5H,1H3,(H,9,12). The molecule has 0 radical (unpaired) electrons. The predicted molar refractivity (Wildman–Crippen MR) is 47.4 cm³/mol. The lowest BCUT2D eigenvalue weighted by Gasteiger charge is -2.03. The molecule has 0 aliphatic rings. The first-order chi connectivity index (χ1) is 5.75. The zero-order valence-electron chi connectivity index (χ0n) is 6.48. The Morgan fingerprint density at radius 2 is 2.08 bits per heavy atom. The molecule has 0 saturated heterocycles. The molecule has 4 heteroatoms. The zero-order valence-corrected chi connectivity index (χ0v) is 7.38. The van der Waals surface area contributed by atoms with Gasteiger partial charge in [-0.25, -0.2) is 0 Å². The number of hydrogen-bond donors (Lipinski definition) is 1. The topological polar surface area (TPSA) is 35.5 Å². The minimum Gasteiger partial charge on any atom is -0.337 e. The van der Waals surface area contributed by atoms with E-state index in [1.807, 2.05) is 0 Å². The van der Waals surface area contributed by atoms with Crippen molar-refractivity contribution >= 4 is 17.7 Å². The van der Waals surface area contributed by atoms with Gasteiger partial charge >= 0.3 is 0 Å². The van der Waals surface area contributed by atoms with Crippen LogP contribution in [-0.2, 0) is 4.89 Å². The van der Waals surface area contributed by atoms with E-state index in [2.05, 4.69) is 17.5 Å². The molecule has 1 rings (SSSR count). The van der Waals surface area contributed by atoms with E-state index in [4.69, 9.17) is 4.89 Å².